The van der Waals surface area contributed by atoms with Crippen LogP contribution in [-0.4, -0.2) is 38.5 Å². The summed E-state index contributed by atoms with van der Waals surface area (Å²) in [7, 11) is 0. The van der Waals surface area contributed by atoms with Gasteiger partial charge in [0, 0.05) is 40.9 Å². The molecule has 0 spiro atoms. The monoisotopic (exact) mass is 519 g/mol. The number of aromatic nitrogens is 4. The molecule has 37 heavy (non-hydrogen) atoms. The van der Waals surface area contributed by atoms with Crippen LogP contribution in [0.5, 0.6) is 0 Å². The van der Waals surface area contributed by atoms with Gasteiger partial charge in [0.1, 0.15) is 17.3 Å². The molecule has 5 heterocycles. The van der Waals surface area contributed by atoms with E-state index >= 15 is 0 Å². The van der Waals surface area contributed by atoms with Crippen molar-refractivity contribution < 1.29 is 13.8 Å². The Hall–Kier alpha value is -3.43. The second-order valence-corrected chi connectivity index (χ2v) is 10.6. The van der Waals surface area contributed by atoms with Crippen LogP contribution in [0.2, 0.25) is 5.02 Å². The molecule has 1 aliphatic carbocycles. The molecule has 190 valence electrons. The third-order valence-corrected chi connectivity index (χ3v) is 8.10. The van der Waals surface area contributed by atoms with E-state index in [9.17, 15) is 4.79 Å². The quantitative estimate of drug-likeness (QED) is 0.349. The van der Waals surface area contributed by atoms with Crippen LogP contribution in [0, 0.1) is 0 Å². The van der Waals surface area contributed by atoms with Crippen molar-refractivity contribution in [2.24, 2.45) is 0 Å². The molecule has 2 bridgehead atoms. The molecular weight excluding hydrogens is 494 g/mol. The minimum Gasteiger partial charge on any atom is -0.373 e. The van der Waals surface area contributed by atoms with Crippen molar-refractivity contribution in [3.05, 3.63) is 69.5 Å². The number of anilines is 1. The fraction of sp³-hybridized carbons (Fsp3) is 0.407. The lowest BCUT2D eigenvalue weighted by Crippen LogP contribution is -2.46. The molecule has 2 aliphatic heterocycles. The molecule has 10 heteroatoms. The summed E-state index contributed by atoms with van der Waals surface area (Å²) in [4.78, 5) is 20.9. The number of aromatic amines is 1. The number of H-pyrrole nitrogens is 1. The summed E-state index contributed by atoms with van der Waals surface area (Å²) in [6, 6.07) is 12.4. The summed E-state index contributed by atoms with van der Waals surface area (Å²) in [5, 5.41) is 8.82. The zero-order chi connectivity index (χ0) is 24.9. The summed E-state index contributed by atoms with van der Waals surface area (Å²) >= 11 is 6.49. The first-order valence-corrected chi connectivity index (χ1v) is 13.2. The van der Waals surface area contributed by atoms with Crippen LogP contribution in [0.3, 0.4) is 0 Å². The normalized spacial score (nSPS) is 23.1. The van der Waals surface area contributed by atoms with E-state index in [4.69, 9.17) is 20.9 Å². The molecule has 9 nitrogen and oxygen atoms in total. The number of rotatable bonds is 7. The summed E-state index contributed by atoms with van der Waals surface area (Å²) in [6.07, 6.45) is 8.29. The van der Waals surface area contributed by atoms with Gasteiger partial charge in [-0.25, -0.2) is 9.78 Å². The van der Waals surface area contributed by atoms with Crippen LogP contribution in [-0.2, 0) is 11.3 Å². The second kappa shape index (κ2) is 9.15. The summed E-state index contributed by atoms with van der Waals surface area (Å²) < 4.78 is 17.0. The van der Waals surface area contributed by atoms with Gasteiger partial charge in [-0.1, -0.05) is 40.1 Å². The highest BCUT2D eigenvalue weighted by atomic mass is 35.5. The van der Waals surface area contributed by atoms with Gasteiger partial charge >= 0.3 is 5.76 Å². The van der Waals surface area contributed by atoms with Crippen molar-refractivity contribution in [2.45, 2.75) is 69.2 Å². The zero-order valence-corrected chi connectivity index (χ0v) is 20.9. The van der Waals surface area contributed by atoms with E-state index in [1.54, 1.807) is 6.20 Å². The van der Waals surface area contributed by atoms with E-state index in [0.29, 0.717) is 35.5 Å². The number of benzene rings is 1. The minimum absolute atomic E-state index is 0.161. The van der Waals surface area contributed by atoms with Crippen molar-refractivity contribution in [2.75, 3.05) is 4.90 Å². The van der Waals surface area contributed by atoms with E-state index in [2.05, 4.69) is 29.7 Å². The number of halogens is 1. The first-order chi connectivity index (χ1) is 18.1. The molecule has 0 radical (unpaired) electrons. The van der Waals surface area contributed by atoms with Gasteiger partial charge < -0.3 is 14.2 Å². The van der Waals surface area contributed by atoms with Crippen molar-refractivity contribution in [3.8, 4) is 22.6 Å². The van der Waals surface area contributed by atoms with Crippen molar-refractivity contribution in [1.82, 2.24) is 20.3 Å². The maximum atomic E-state index is 11.3. The predicted octanol–water partition coefficient (Wildman–Crippen LogP) is 5.33. The van der Waals surface area contributed by atoms with Gasteiger partial charge in [-0.2, -0.15) is 0 Å². The molecule has 3 fully saturated rings. The van der Waals surface area contributed by atoms with Gasteiger partial charge in [0.15, 0.2) is 5.82 Å². The van der Waals surface area contributed by atoms with Gasteiger partial charge in [0.25, 0.3) is 0 Å². The largest absolute Gasteiger partial charge is 0.439 e. The van der Waals surface area contributed by atoms with E-state index in [1.807, 2.05) is 36.4 Å². The first kappa shape index (κ1) is 22.7. The lowest BCUT2D eigenvalue weighted by atomic mass is 9.99. The Morgan fingerprint density at radius 3 is 2.51 bits per heavy atom. The van der Waals surface area contributed by atoms with Crippen LogP contribution in [0.1, 0.15) is 55.8 Å². The number of ether oxygens (including phenoxy) is 1. The Kier molecular flexibility index (Phi) is 5.62. The number of hydrogen-bond acceptors (Lipinski definition) is 8. The van der Waals surface area contributed by atoms with Crippen molar-refractivity contribution >= 4 is 17.4 Å². The SMILES string of the molecule is O=c1[nH]c(-c2ccc(N3[C@@H]4CC[C@H]3C[C@@H](OCc3c(-c5ccccc5Cl)noc3C3CC3)C4)nc2)no1. The zero-order valence-electron chi connectivity index (χ0n) is 20.1. The van der Waals surface area contributed by atoms with Gasteiger partial charge in [0.05, 0.1) is 17.7 Å². The summed E-state index contributed by atoms with van der Waals surface area (Å²) in [5.74, 6) is 2.14. The maximum Gasteiger partial charge on any atom is 0.439 e. The number of nitrogens with one attached hydrogen (secondary N) is 1. The topological polar surface area (TPSA) is 110 Å². The number of fused-ring (bicyclic) bond motifs is 2. The van der Waals surface area contributed by atoms with Gasteiger partial charge in [-0.15, -0.1) is 0 Å². The van der Waals surface area contributed by atoms with Crippen LogP contribution >= 0.6 is 11.6 Å². The number of nitrogens with zero attached hydrogens (tertiary/aromatic N) is 4. The Labute approximate surface area is 217 Å². The molecule has 1 saturated carbocycles. The maximum absolute atomic E-state index is 11.3. The average Bonchev–Trinajstić information content (AvgIpc) is 3.43. The average molecular weight is 520 g/mol. The lowest BCUT2D eigenvalue weighted by molar-refractivity contribution is 0.0146. The van der Waals surface area contributed by atoms with E-state index in [-0.39, 0.29) is 6.10 Å². The van der Waals surface area contributed by atoms with Crippen LogP contribution in [0.15, 0.2) is 56.4 Å². The molecule has 4 aromatic rings. The number of piperidine rings is 1. The first-order valence-electron chi connectivity index (χ1n) is 12.8. The van der Waals surface area contributed by atoms with Gasteiger partial charge in [0.2, 0.25) is 0 Å². The highest BCUT2D eigenvalue weighted by Crippen LogP contribution is 2.46. The standard InChI is InChI=1S/C27H26ClN5O4/c28-22-4-2-1-3-20(22)24-21(25(36-31-24)15-5-6-15)14-35-19-11-17-8-9-18(12-19)33(17)23-10-7-16(13-29-23)26-30-27(34)37-32-26/h1-4,7,10,13,15,17-19H,5-6,8-9,11-12,14H2,(H,30,32,34)/t17-,18+,19+. The highest BCUT2D eigenvalue weighted by Gasteiger charge is 2.42. The van der Waals surface area contributed by atoms with Gasteiger partial charge in [-0.05, 0) is 56.7 Å². The molecule has 0 unspecified atom stereocenters. The molecule has 3 aromatic heterocycles. The fourth-order valence-electron chi connectivity index (χ4n) is 5.86. The molecule has 2 saturated heterocycles. The molecule has 7 rings (SSSR count). The van der Waals surface area contributed by atoms with E-state index in [1.165, 1.54) is 0 Å². The second-order valence-electron chi connectivity index (χ2n) is 10.2. The number of hydrogen-bond donors (Lipinski definition) is 1. The summed E-state index contributed by atoms with van der Waals surface area (Å²) in [5.41, 5.74) is 3.44. The van der Waals surface area contributed by atoms with Crippen LogP contribution in [0.25, 0.3) is 22.6 Å². The smallest absolute Gasteiger partial charge is 0.373 e. The predicted molar refractivity (Wildman–Crippen MR) is 136 cm³/mol. The van der Waals surface area contributed by atoms with E-state index < -0.39 is 5.76 Å². The minimum atomic E-state index is -0.575. The van der Waals surface area contributed by atoms with Crippen LogP contribution < -0.4 is 10.7 Å². The molecule has 1 N–H and O–H groups in total. The lowest BCUT2D eigenvalue weighted by Gasteiger charge is -2.39. The highest BCUT2D eigenvalue weighted by molar-refractivity contribution is 6.33. The third kappa shape index (κ3) is 4.26. The van der Waals surface area contributed by atoms with E-state index in [0.717, 1.165) is 72.5 Å². The fourth-order valence-corrected chi connectivity index (χ4v) is 6.09. The van der Waals surface area contributed by atoms with Gasteiger partial charge in [-0.3, -0.25) is 9.51 Å². The van der Waals surface area contributed by atoms with Crippen molar-refractivity contribution in [3.63, 3.8) is 0 Å². The molecule has 3 aliphatic rings. The van der Waals surface area contributed by atoms with Crippen molar-refractivity contribution in [1.29, 1.82) is 0 Å². The summed E-state index contributed by atoms with van der Waals surface area (Å²) in [6.45, 7) is 0.475. The Balaban J connectivity index is 1.06. The molecule has 0 amide bonds. The number of pyridine rings is 1. The Bertz CT molecular complexity index is 1460. The molecule has 3 atom stereocenters. The molecular formula is C27H26ClN5O4. The Morgan fingerprint density at radius 2 is 1.84 bits per heavy atom. The Morgan fingerprint density at radius 1 is 1.03 bits per heavy atom. The van der Waals surface area contributed by atoms with Crippen LogP contribution in [0.4, 0.5) is 5.82 Å². The molecule has 1 aromatic carbocycles. The third-order valence-electron chi connectivity index (χ3n) is 7.78.